The summed E-state index contributed by atoms with van der Waals surface area (Å²) in [6.45, 7) is 3.73. The smallest absolute Gasteiger partial charge is 0.138 e. The molecule has 1 unspecified atom stereocenters. The number of ether oxygens (including phenoxy) is 1. The van der Waals surface area contributed by atoms with Crippen LogP contribution in [0.3, 0.4) is 0 Å². The van der Waals surface area contributed by atoms with Crippen LogP contribution in [0.5, 0.6) is 5.75 Å². The van der Waals surface area contributed by atoms with Gasteiger partial charge in [-0.2, -0.15) is 0 Å². The van der Waals surface area contributed by atoms with Crippen LogP contribution >= 0.6 is 15.9 Å². The van der Waals surface area contributed by atoms with Crippen molar-refractivity contribution in [3.8, 4) is 5.75 Å². The van der Waals surface area contributed by atoms with Crippen LogP contribution in [0.2, 0.25) is 0 Å². The zero-order valence-corrected chi connectivity index (χ0v) is 10.5. The van der Waals surface area contributed by atoms with E-state index in [4.69, 9.17) is 4.74 Å². The lowest BCUT2D eigenvalue weighted by Crippen LogP contribution is -2.08. The van der Waals surface area contributed by atoms with Crippen LogP contribution in [0.1, 0.15) is 25.5 Å². The van der Waals surface area contributed by atoms with Crippen molar-refractivity contribution in [1.29, 1.82) is 0 Å². The zero-order chi connectivity index (χ0) is 11.6. The largest absolute Gasteiger partial charge is 0.496 e. The molecule has 1 N–H and O–H groups in total. The number of hydrogen-bond acceptors (Lipinski definition) is 2. The first-order valence-electron chi connectivity index (χ1n) is 4.68. The molecule has 0 aromatic heterocycles. The molecule has 4 heteroatoms. The van der Waals surface area contributed by atoms with Gasteiger partial charge in [0.15, 0.2) is 0 Å². The van der Waals surface area contributed by atoms with Crippen molar-refractivity contribution in [2.75, 3.05) is 7.11 Å². The lowest BCUT2D eigenvalue weighted by molar-refractivity contribution is 0.123. The van der Waals surface area contributed by atoms with E-state index in [1.165, 1.54) is 19.2 Å². The Kier molecular flexibility index (Phi) is 4.11. The van der Waals surface area contributed by atoms with Crippen LogP contribution in [0.4, 0.5) is 4.39 Å². The highest BCUT2D eigenvalue weighted by molar-refractivity contribution is 9.10. The Morgan fingerprint density at radius 1 is 1.40 bits per heavy atom. The number of aliphatic hydroxyl groups excluding tert-OH is 1. The summed E-state index contributed by atoms with van der Waals surface area (Å²) in [4.78, 5) is 0. The lowest BCUT2D eigenvalue weighted by atomic mass is 9.98. The summed E-state index contributed by atoms with van der Waals surface area (Å²) < 4.78 is 18.7. The molecule has 1 atom stereocenters. The van der Waals surface area contributed by atoms with Gasteiger partial charge >= 0.3 is 0 Å². The zero-order valence-electron chi connectivity index (χ0n) is 8.92. The van der Waals surface area contributed by atoms with Gasteiger partial charge in [0.2, 0.25) is 0 Å². The average molecular weight is 277 g/mol. The predicted octanol–water partition coefficient (Wildman–Crippen LogP) is 3.29. The first-order chi connectivity index (χ1) is 6.97. The molecule has 0 aliphatic heterocycles. The third-order valence-corrected chi connectivity index (χ3v) is 2.83. The van der Waals surface area contributed by atoms with Crippen LogP contribution < -0.4 is 4.74 Å². The van der Waals surface area contributed by atoms with E-state index in [0.29, 0.717) is 15.8 Å². The Morgan fingerprint density at radius 2 is 2.00 bits per heavy atom. The number of methoxy groups -OCH3 is 1. The second kappa shape index (κ2) is 4.94. The molecule has 0 spiro atoms. The lowest BCUT2D eigenvalue weighted by Gasteiger charge is -2.18. The number of halogens is 2. The Bertz CT molecular complexity index is 353. The summed E-state index contributed by atoms with van der Waals surface area (Å²) in [5.41, 5.74) is 0.480. The van der Waals surface area contributed by atoms with Gasteiger partial charge in [0, 0.05) is 5.56 Å². The van der Waals surface area contributed by atoms with Crippen molar-refractivity contribution < 1.29 is 14.2 Å². The highest BCUT2D eigenvalue weighted by Gasteiger charge is 2.19. The second-order valence-electron chi connectivity index (χ2n) is 3.70. The van der Waals surface area contributed by atoms with Gasteiger partial charge < -0.3 is 9.84 Å². The van der Waals surface area contributed by atoms with Crippen LogP contribution in [-0.2, 0) is 0 Å². The van der Waals surface area contributed by atoms with E-state index >= 15 is 0 Å². The van der Waals surface area contributed by atoms with Gasteiger partial charge in [0.25, 0.3) is 0 Å². The summed E-state index contributed by atoms with van der Waals surface area (Å²) in [7, 11) is 1.50. The topological polar surface area (TPSA) is 29.5 Å². The fourth-order valence-corrected chi connectivity index (χ4v) is 1.63. The van der Waals surface area contributed by atoms with E-state index < -0.39 is 11.9 Å². The Hall–Kier alpha value is -0.610. The molecule has 0 radical (unpaired) electrons. The standard InChI is InChI=1S/C11H14BrFO2/c1-6(2)11(14)7-4-9(13)8(12)5-10(7)15-3/h4-6,11,14H,1-3H3. The van der Waals surface area contributed by atoms with Crippen LogP contribution in [0.25, 0.3) is 0 Å². The maximum absolute atomic E-state index is 13.3. The van der Waals surface area contributed by atoms with Crippen LogP contribution in [0, 0.1) is 11.7 Å². The van der Waals surface area contributed by atoms with Gasteiger partial charge in [0.1, 0.15) is 11.6 Å². The molecule has 0 saturated carbocycles. The second-order valence-corrected chi connectivity index (χ2v) is 4.55. The molecule has 0 aliphatic rings. The van der Waals surface area contributed by atoms with E-state index in [1.54, 1.807) is 0 Å². The molecular formula is C11H14BrFO2. The number of rotatable bonds is 3. The van der Waals surface area contributed by atoms with Crippen molar-refractivity contribution in [2.24, 2.45) is 5.92 Å². The molecule has 0 heterocycles. The van der Waals surface area contributed by atoms with E-state index in [0.717, 1.165) is 0 Å². The molecule has 0 saturated heterocycles. The molecule has 1 aromatic carbocycles. The molecule has 0 aliphatic carbocycles. The van der Waals surface area contributed by atoms with Gasteiger partial charge in [0.05, 0.1) is 17.7 Å². The van der Waals surface area contributed by atoms with Gasteiger partial charge in [-0.05, 0) is 34.0 Å². The van der Waals surface area contributed by atoms with E-state index in [1.807, 2.05) is 13.8 Å². The minimum atomic E-state index is -0.720. The first-order valence-corrected chi connectivity index (χ1v) is 5.47. The van der Waals surface area contributed by atoms with Crippen molar-refractivity contribution in [3.63, 3.8) is 0 Å². The average Bonchev–Trinajstić information content (AvgIpc) is 2.20. The monoisotopic (exact) mass is 276 g/mol. The fourth-order valence-electron chi connectivity index (χ4n) is 1.31. The fraction of sp³-hybridized carbons (Fsp3) is 0.455. The highest BCUT2D eigenvalue weighted by Crippen LogP contribution is 2.33. The van der Waals surface area contributed by atoms with E-state index in [9.17, 15) is 9.50 Å². The van der Waals surface area contributed by atoms with Gasteiger partial charge in [-0.25, -0.2) is 4.39 Å². The molecule has 84 valence electrons. The number of aliphatic hydroxyl groups is 1. The Labute approximate surface area is 97.2 Å². The van der Waals surface area contributed by atoms with Crippen LogP contribution in [0.15, 0.2) is 16.6 Å². The quantitative estimate of drug-likeness (QED) is 0.918. The van der Waals surface area contributed by atoms with Crippen molar-refractivity contribution in [2.45, 2.75) is 20.0 Å². The molecule has 1 rings (SSSR count). The van der Waals surface area contributed by atoms with Crippen molar-refractivity contribution >= 4 is 15.9 Å². The number of benzene rings is 1. The van der Waals surface area contributed by atoms with E-state index in [-0.39, 0.29) is 5.92 Å². The molecule has 0 amide bonds. The SMILES string of the molecule is COc1cc(Br)c(F)cc1C(O)C(C)C. The van der Waals surface area contributed by atoms with Gasteiger partial charge in [-0.3, -0.25) is 0 Å². The maximum atomic E-state index is 13.3. The minimum absolute atomic E-state index is 0.0134. The Morgan fingerprint density at radius 3 is 2.47 bits per heavy atom. The highest BCUT2D eigenvalue weighted by atomic mass is 79.9. The molecular weight excluding hydrogens is 263 g/mol. The summed E-state index contributed by atoms with van der Waals surface area (Å²) in [5, 5.41) is 9.86. The third-order valence-electron chi connectivity index (χ3n) is 2.22. The van der Waals surface area contributed by atoms with Crippen LogP contribution in [-0.4, -0.2) is 12.2 Å². The van der Waals surface area contributed by atoms with Crippen molar-refractivity contribution in [1.82, 2.24) is 0 Å². The minimum Gasteiger partial charge on any atom is -0.496 e. The molecule has 1 aromatic rings. The van der Waals surface area contributed by atoms with E-state index in [2.05, 4.69) is 15.9 Å². The predicted molar refractivity (Wildman–Crippen MR) is 60.4 cm³/mol. The molecule has 0 bridgehead atoms. The summed E-state index contributed by atoms with van der Waals surface area (Å²) in [6, 6.07) is 2.82. The summed E-state index contributed by atoms with van der Waals surface area (Å²) in [6.07, 6.45) is -0.720. The normalized spacial score (nSPS) is 13.0. The first kappa shape index (κ1) is 12.5. The summed E-state index contributed by atoms with van der Waals surface area (Å²) >= 11 is 3.07. The number of hydrogen-bond donors (Lipinski definition) is 1. The third kappa shape index (κ3) is 2.69. The van der Waals surface area contributed by atoms with Crippen molar-refractivity contribution in [3.05, 3.63) is 28.0 Å². The Balaban J connectivity index is 3.21. The molecule has 0 fully saturated rings. The molecule has 15 heavy (non-hydrogen) atoms. The maximum Gasteiger partial charge on any atom is 0.138 e. The molecule has 2 nitrogen and oxygen atoms in total. The van der Waals surface area contributed by atoms with Gasteiger partial charge in [-0.15, -0.1) is 0 Å². The summed E-state index contributed by atoms with van der Waals surface area (Å²) in [5.74, 6) is 0.106. The van der Waals surface area contributed by atoms with Gasteiger partial charge in [-0.1, -0.05) is 13.8 Å².